The third kappa shape index (κ3) is 12.8. The Kier molecular flexibility index (Phi) is 17.8. The van der Waals surface area contributed by atoms with Crippen LogP contribution in [0, 0.1) is 40.4 Å². The average Bonchev–Trinajstić information content (AvgIpc) is 4.06. The normalized spacial score (nSPS) is 23.8. The summed E-state index contributed by atoms with van der Waals surface area (Å²) in [6.07, 6.45) is -3.12. The zero-order valence-electron chi connectivity index (χ0n) is 41.2. The van der Waals surface area contributed by atoms with Crippen LogP contribution in [0.15, 0.2) is 22.2 Å². The van der Waals surface area contributed by atoms with Gasteiger partial charge in [-0.25, -0.2) is 24.6 Å². The molecule has 10 atom stereocenters. The molecule has 0 bridgehead atoms. The molecule has 2 aliphatic heterocycles. The summed E-state index contributed by atoms with van der Waals surface area (Å²) >= 11 is 0. The number of carbonyl (C=O) groups excluding carboxylic acids is 2. The number of hydrogen-bond acceptors (Lipinski definition) is 20. The molecule has 6 rings (SSSR count). The van der Waals surface area contributed by atoms with E-state index in [1.165, 1.54) is 17.2 Å². The first-order chi connectivity index (χ1) is 33.4. The predicted molar refractivity (Wildman–Crippen MR) is 257 cm³/mol. The van der Waals surface area contributed by atoms with Crippen molar-refractivity contribution in [2.75, 3.05) is 31.7 Å². The maximum absolute atomic E-state index is 15.3. The maximum atomic E-state index is 15.3. The Morgan fingerprint density at radius 1 is 0.915 bits per heavy atom. The average molecular weight is 1050 g/mol. The fourth-order valence-electron chi connectivity index (χ4n) is 7.35. The molecule has 71 heavy (non-hydrogen) atoms. The molecule has 0 aromatic carbocycles. The van der Waals surface area contributed by atoms with Crippen LogP contribution in [0.25, 0.3) is 22.3 Å². The number of ether oxygens (including phenoxy) is 2. The number of anilines is 1. The Bertz CT molecular complexity index is 2850. The molecule has 4 aromatic rings. The summed E-state index contributed by atoms with van der Waals surface area (Å²) < 4.78 is 74.3. The SMILES string of the molecule is CC(C)C(=O)Cc1nc2c(ncn2[C@@H]2O[C@H](COP(=O)(N[C@H]3[C@@H](O[Si](C)(C)C(C)(C)C)[C@H](n4cnc5c(=O)[nH]c(NC(=O)C(C)C)nc54)O[C@@H]3CO[P+](=O)OCCC#N)OCCC#N)[C@@H](N)[C@H]2C)c(=O)[nH]1. The maximum Gasteiger partial charge on any atom is 0.697 e. The number of H-pyrrole nitrogens is 2. The Labute approximate surface area is 410 Å². The van der Waals surface area contributed by atoms with Gasteiger partial charge in [0.2, 0.25) is 11.9 Å². The molecule has 1 amide bonds. The lowest BCUT2D eigenvalue weighted by atomic mass is 10.0. The molecule has 0 spiro atoms. The standard InChI is InChI=1S/C42H61N13O13P2Si/c1-22(2)25(56)17-28-48-34-31(37(58)49-28)46-20-54(34)39-24(5)29(45)26(66-39)19-65-70(61,64-16-12-14-44)53-30-27(18-63-69(60)62-15-11-13-43)67-40(33(30)68-71(9,10)42(6,7)8)55-21-47-32-35(55)50-41(52-38(32)59)51-36(57)23(3)4/h20-24,26-27,29-30,33,39-40H,11-12,15-19,45H2,1-10H3,(H3-,48,49,50,51,52,53,57,58,59,61)/p+1/t24-,26-,27-,29+,30-,33-,39-,40-,70?/m1/s1. The van der Waals surface area contributed by atoms with Crippen molar-refractivity contribution in [3.8, 4) is 12.1 Å². The van der Waals surface area contributed by atoms with Gasteiger partial charge in [-0.3, -0.25) is 47.7 Å². The highest BCUT2D eigenvalue weighted by molar-refractivity contribution is 7.51. The highest BCUT2D eigenvalue weighted by Gasteiger charge is 2.55. The van der Waals surface area contributed by atoms with Gasteiger partial charge in [-0.15, -0.1) is 9.05 Å². The summed E-state index contributed by atoms with van der Waals surface area (Å²) in [6.45, 7) is 17.1. The zero-order valence-corrected chi connectivity index (χ0v) is 44.0. The minimum atomic E-state index is -4.62. The molecule has 0 radical (unpaired) electrons. The number of nitrogens with one attached hydrogen (secondary N) is 4. The number of aromatic nitrogens is 8. The quantitative estimate of drug-likeness (QED) is 0.0391. The molecule has 29 heteroatoms. The molecule has 4 aromatic heterocycles. The first kappa shape index (κ1) is 55.3. The van der Waals surface area contributed by atoms with Crippen LogP contribution < -0.4 is 27.3 Å². The van der Waals surface area contributed by atoms with E-state index in [1.807, 2.05) is 46.0 Å². The number of amides is 1. The summed E-state index contributed by atoms with van der Waals surface area (Å²) in [5.41, 5.74) is 5.59. The third-order valence-electron chi connectivity index (χ3n) is 12.5. The van der Waals surface area contributed by atoms with Gasteiger partial charge < -0.3 is 24.6 Å². The van der Waals surface area contributed by atoms with Crippen molar-refractivity contribution in [3.05, 3.63) is 39.2 Å². The van der Waals surface area contributed by atoms with Crippen molar-refractivity contribution >= 4 is 64.3 Å². The van der Waals surface area contributed by atoms with Gasteiger partial charge >= 0.3 is 16.0 Å². The minimum Gasteiger partial charge on any atom is -0.408 e. The highest BCUT2D eigenvalue weighted by atomic mass is 31.2. The van der Waals surface area contributed by atoms with Gasteiger partial charge in [0.15, 0.2) is 36.9 Å². The van der Waals surface area contributed by atoms with E-state index in [1.54, 1.807) is 39.2 Å². The Balaban J connectivity index is 1.37. The van der Waals surface area contributed by atoms with Crippen LogP contribution in [0.2, 0.25) is 18.1 Å². The van der Waals surface area contributed by atoms with Crippen LogP contribution in [-0.2, 0) is 57.1 Å². The Morgan fingerprint density at radius 3 is 2.14 bits per heavy atom. The lowest BCUT2D eigenvalue weighted by Crippen LogP contribution is -2.52. The van der Waals surface area contributed by atoms with Crippen molar-refractivity contribution in [2.45, 2.75) is 136 Å². The molecule has 6 N–H and O–H groups in total. The minimum absolute atomic E-state index is 0.0145. The van der Waals surface area contributed by atoms with Crippen molar-refractivity contribution in [1.29, 1.82) is 10.5 Å². The molecule has 2 aliphatic rings. The van der Waals surface area contributed by atoms with E-state index in [0.717, 1.165) is 0 Å². The van der Waals surface area contributed by atoms with Gasteiger partial charge in [0.25, 0.3) is 11.1 Å². The van der Waals surface area contributed by atoms with E-state index in [4.69, 9.17) is 43.0 Å². The second-order valence-electron chi connectivity index (χ2n) is 19.4. The number of rotatable bonds is 23. The lowest BCUT2D eigenvalue weighted by Gasteiger charge is -2.41. The van der Waals surface area contributed by atoms with Crippen LogP contribution in [0.1, 0.15) is 86.5 Å². The fraction of sp³-hybridized carbons (Fsp3) is 0.667. The van der Waals surface area contributed by atoms with Crippen molar-refractivity contribution in [1.82, 2.24) is 44.1 Å². The van der Waals surface area contributed by atoms with E-state index >= 15 is 4.57 Å². The molecule has 6 heterocycles. The van der Waals surface area contributed by atoms with Gasteiger partial charge in [0, 0.05) is 28.4 Å². The molecule has 0 saturated carbocycles. The molecule has 2 fully saturated rings. The van der Waals surface area contributed by atoms with Gasteiger partial charge in [0.1, 0.15) is 43.3 Å². The van der Waals surface area contributed by atoms with E-state index in [-0.39, 0.29) is 78.3 Å². The molecule has 0 aliphatic carbocycles. The monoisotopic (exact) mass is 1050 g/mol. The van der Waals surface area contributed by atoms with Crippen LogP contribution in [0.4, 0.5) is 5.95 Å². The van der Waals surface area contributed by atoms with Gasteiger partial charge in [-0.1, -0.05) is 55.4 Å². The lowest BCUT2D eigenvalue weighted by molar-refractivity contribution is -0.121. The number of nitriles is 2. The number of nitrogens with zero attached hydrogens (tertiary/aromatic N) is 8. The smallest absolute Gasteiger partial charge is 0.408 e. The highest BCUT2D eigenvalue weighted by Crippen LogP contribution is 2.50. The number of imidazole rings is 2. The topological polar surface area (TPSA) is 358 Å². The fourth-order valence-corrected chi connectivity index (χ4v) is 10.8. The van der Waals surface area contributed by atoms with Crippen molar-refractivity contribution < 1.29 is 50.7 Å². The summed E-state index contributed by atoms with van der Waals surface area (Å²) in [5, 5.41) is 23.7. The molecule has 386 valence electrons. The second kappa shape index (κ2) is 22.8. The summed E-state index contributed by atoms with van der Waals surface area (Å²) in [6, 6.07) is 1.86. The zero-order chi connectivity index (χ0) is 52.2. The summed E-state index contributed by atoms with van der Waals surface area (Å²) in [5.74, 6) is -1.77. The van der Waals surface area contributed by atoms with E-state index < -0.39 is 114 Å². The van der Waals surface area contributed by atoms with E-state index in [0.29, 0.717) is 0 Å². The largest absolute Gasteiger partial charge is 0.697 e. The van der Waals surface area contributed by atoms with Gasteiger partial charge in [-0.2, -0.15) is 15.5 Å². The van der Waals surface area contributed by atoms with Crippen LogP contribution in [0.3, 0.4) is 0 Å². The van der Waals surface area contributed by atoms with Gasteiger partial charge in [-0.05, 0) is 18.1 Å². The molecular formula is C42H62N13O13P2Si+. The number of ketones is 1. The van der Waals surface area contributed by atoms with Crippen LogP contribution in [-0.4, -0.2) is 116 Å². The number of hydrogen-bond donors (Lipinski definition) is 5. The Hall–Kier alpha value is -4.99. The van der Waals surface area contributed by atoms with Crippen LogP contribution in [0.5, 0.6) is 0 Å². The number of Topliss-reactive ketones (excluding diaryl/α,β-unsaturated/α-hetero) is 1. The van der Waals surface area contributed by atoms with E-state index in [9.17, 15) is 29.0 Å². The number of nitrogens with two attached hydrogens (primary N) is 1. The molecule has 2 unspecified atom stereocenters. The van der Waals surface area contributed by atoms with Gasteiger partial charge in [0.05, 0.1) is 69.4 Å². The molecule has 26 nitrogen and oxygen atoms in total. The van der Waals surface area contributed by atoms with Crippen LogP contribution >= 0.6 is 16.0 Å². The van der Waals surface area contributed by atoms with E-state index in [2.05, 4.69) is 40.3 Å². The summed E-state index contributed by atoms with van der Waals surface area (Å²) in [7, 11) is -10.3. The number of fused-ring (bicyclic) bond motifs is 2. The molecule has 2 saturated heterocycles. The predicted octanol–water partition coefficient (Wildman–Crippen LogP) is 4.38. The second-order valence-corrected chi connectivity index (χ2v) is 26.9. The molecular weight excluding hydrogens is 985 g/mol. The van der Waals surface area contributed by atoms with Crippen molar-refractivity contribution in [3.63, 3.8) is 0 Å². The summed E-state index contributed by atoms with van der Waals surface area (Å²) in [4.78, 5) is 74.5. The first-order valence-electron chi connectivity index (χ1n) is 23.0. The Morgan fingerprint density at radius 2 is 1.52 bits per heavy atom. The van der Waals surface area contributed by atoms with Crippen molar-refractivity contribution in [2.24, 2.45) is 23.5 Å². The number of carbonyl (C=O) groups is 2. The number of aromatic amines is 2. The first-order valence-corrected chi connectivity index (χ1v) is 28.6. The third-order valence-corrected chi connectivity index (χ3v) is 19.4.